The molecule has 6 nitrogen and oxygen atoms in total. The first-order valence-electron chi connectivity index (χ1n) is 22.6. The van der Waals surface area contributed by atoms with Crippen molar-refractivity contribution in [1.29, 1.82) is 0 Å². The van der Waals surface area contributed by atoms with Gasteiger partial charge in [0, 0.05) is 40.1 Å². The van der Waals surface area contributed by atoms with Crippen molar-refractivity contribution in [3.63, 3.8) is 0 Å². The summed E-state index contributed by atoms with van der Waals surface area (Å²) < 4.78 is 26.3. The smallest absolute Gasteiger partial charge is 0.178 e. The van der Waals surface area contributed by atoms with Crippen LogP contribution in [-0.4, -0.2) is 32.8 Å². The van der Waals surface area contributed by atoms with E-state index in [-0.39, 0.29) is 31.9 Å². The maximum Gasteiger partial charge on any atom is 0.178 e. The van der Waals surface area contributed by atoms with Crippen LogP contribution in [0.1, 0.15) is 64.5 Å². The van der Waals surface area contributed by atoms with Gasteiger partial charge in [-0.05, 0) is 81.2 Å². The molecular formula is C56H51IrN5OSi-2. The molecule has 8 heteroatoms. The quantitative estimate of drug-likeness (QED) is 0.106. The van der Waals surface area contributed by atoms with Crippen molar-refractivity contribution in [2.75, 3.05) is 0 Å². The Morgan fingerprint density at radius 1 is 0.719 bits per heavy atom. The van der Waals surface area contributed by atoms with Gasteiger partial charge in [0.2, 0.25) is 0 Å². The zero-order valence-electron chi connectivity index (χ0n) is 39.1. The van der Waals surface area contributed by atoms with Gasteiger partial charge in [-0.2, -0.15) is 5.10 Å². The molecular weight excluding hydrogens is 979 g/mol. The van der Waals surface area contributed by atoms with E-state index in [1.165, 1.54) is 22.3 Å². The van der Waals surface area contributed by atoms with Crippen molar-refractivity contribution in [2.45, 2.75) is 65.5 Å². The van der Waals surface area contributed by atoms with E-state index in [2.05, 4.69) is 134 Å². The molecule has 0 saturated heterocycles. The molecule has 0 aliphatic carbocycles. The van der Waals surface area contributed by atoms with Crippen LogP contribution in [0.2, 0.25) is 19.6 Å². The van der Waals surface area contributed by atoms with Crippen LogP contribution in [0.15, 0.2) is 162 Å². The van der Waals surface area contributed by atoms with Gasteiger partial charge in [-0.15, -0.1) is 59.2 Å². The molecule has 0 bridgehead atoms. The van der Waals surface area contributed by atoms with Crippen molar-refractivity contribution in [2.24, 2.45) is 0 Å². The predicted molar refractivity (Wildman–Crippen MR) is 263 cm³/mol. The monoisotopic (exact) mass is 1030 g/mol. The molecule has 1 radical (unpaired) electrons. The van der Waals surface area contributed by atoms with E-state index in [0.717, 1.165) is 72.2 Å². The van der Waals surface area contributed by atoms with Gasteiger partial charge >= 0.3 is 0 Å². The van der Waals surface area contributed by atoms with Crippen LogP contribution >= 0.6 is 0 Å². The number of benzene rings is 6. The Kier molecular flexibility index (Phi) is 12.2. The average molecular weight is 1030 g/mol. The molecule has 0 spiro atoms. The fraction of sp³-hybridized carbons (Fsp3) is 0.179. The first-order valence-corrected chi connectivity index (χ1v) is 25.1. The minimum atomic E-state index is -1.76. The van der Waals surface area contributed by atoms with Crippen molar-refractivity contribution in [3.8, 4) is 39.5 Å². The van der Waals surface area contributed by atoms with Gasteiger partial charge in [0.25, 0.3) is 0 Å². The Morgan fingerprint density at radius 3 is 2.09 bits per heavy atom. The Hall–Kier alpha value is -6.31. The minimum Gasteiger partial charge on any atom is -0.501 e. The van der Waals surface area contributed by atoms with E-state index in [4.69, 9.17) is 12.1 Å². The van der Waals surface area contributed by atoms with Gasteiger partial charge in [0.05, 0.1) is 25.7 Å². The second-order valence-electron chi connectivity index (χ2n) is 17.5. The van der Waals surface area contributed by atoms with Crippen molar-refractivity contribution in [3.05, 3.63) is 192 Å². The van der Waals surface area contributed by atoms with E-state index < -0.39 is 14.4 Å². The number of imidazole rings is 1. The molecule has 4 heterocycles. The second-order valence-corrected chi connectivity index (χ2v) is 22.6. The second kappa shape index (κ2) is 18.8. The molecule has 10 rings (SSSR count). The third kappa shape index (κ3) is 8.91. The van der Waals surface area contributed by atoms with Gasteiger partial charge in [-0.1, -0.05) is 149 Å². The minimum absolute atomic E-state index is 0. The number of fused-ring (bicyclic) bond motifs is 4. The Labute approximate surface area is 393 Å². The van der Waals surface area contributed by atoms with Crippen LogP contribution in [0.3, 0.4) is 0 Å². The molecule has 321 valence electrons. The average Bonchev–Trinajstić information content (AvgIpc) is 3.90. The first-order chi connectivity index (χ1) is 31.3. The normalized spacial score (nSPS) is 12.3. The van der Waals surface area contributed by atoms with E-state index in [1.807, 2.05) is 97.2 Å². The zero-order valence-corrected chi connectivity index (χ0v) is 40.5. The number of nitrogens with zero attached hydrogens (tertiary/aromatic N) is 5. The summed E-state index contributed by atoms with van der Waals surface area (Å²) in [5, 5.41) is 12.1. The maximum absolute atomic E-state index is 8.84. The number of rotatable bonds is 9. The Morgan fingerprint density at radius 2 is 1.41 bits per heavy atom. The van der Waals surface area contributed by atoms with Crippen LogP contribution in [0.5, 0.6) is 0 Å². The third-order valence-electron chi connectivity index (χ3n) is 11.4. The summed E-state index contributed by atoms with van der Waals surface area (Å²) in [5.41, 5.74) is 12.9. The molecule has 10 aromatic rings. The zero-order chi connectivity index (χ0) is 45.5. The fourth-order valence-corrected chi connectivity index (χ4v) is 9.61. The largest absolute Gasteiger partial charge is 0.501 e. The molecule has 4 aromatic heterocycles. The van der Waals surface area contributed by atoms with E-state index >= 15 is 0 Å². The predicted octanol–water partition coefficient (Wildman–Crippen LogP) is 13.8. The molecule has 0 amide bonds. The van der Waals surface area contributed by atoms with Gasteiger partial charge in [-0.25, -0.2) is 0 Å². The van der Waals surface area contributed by atoms with Gasteiger partial charge in [-0.3, -0.25) is 4.98 Å². The van der Waals surface area contributed by atoms with Crippen molar-refractivity contribution >= 4 is 46.4 Å². The molecule has 0 atom stereocenters. The van der Waals surface area contributed by atoms with Gasteiger partial charge in [0.1, 0.15) is 11.1 Å². The van der Waals surface area contributed by atoms with E-state index in [1.54, 1.807) is 6.20 Å². The van der Waals surface area contributed by atoms with Crippen LogP contribution in [0.25, 0.3) is 72.6 Å². The summed E-state index contributed by atoms with van der Waals surface area (Å²) in [4.78, 5) is 9.75. The Balaban J connectivity index is 0.000000197. The van der Waals surface area contributed by atoms with Gasteiger partial charge in [0.15, 0.2) is 5.65 Å². The molecule has 0 fully saturated rings. The molecule has 64 heavy (non-hydrogen) atoms. The number of hydrogen-bond acceptors (Lipinski definition) is 5. The molecule has 0 N–H and O–H groups in total. The standard InChI is InChI=1S/C35H29N4O.C21H22NSi.Ir/c1-21(2)28-19-24(23-11-6-5-7-12-23)20-29(22(3)4)32(28)39-34(37-30-17-18-36-38-35(30)39)27-15-10-14-26-25-13-8-9-16-31(25)40-33(26)27;1-23(2,3)21-16-22-20(18-12-8-5-9-13-18)15-19(21)14-17-10-6-4-7-11-17;/h5-14,16-22H,1-4H3;4-12,15-16H,14H2,1-3H3;/q2*-1;/i;14D2;. The van der Waals surface area contributed by atoms with Crippen LogP contribution in [0, 0.1) is 12.1 Å². The molecule has 6 aromatic carbocycles. The maximum atomic E-state index is 8.84. The van der Waals surface area contributed by atoms with Crippen LogP contribution < -0.4 is 5.19 Å². The molecule has 0 aliphatic heterocycles. The molecule has 0 saturated carbocycles. The van der Waals surface area contributed by atoms with E-state index in [0.29, 0.717) is 5.56 Å². The number of hydrogen-bond donors (Lipinski definition) is 0. The number of aromatic nitrogens is 5. The number of pyridine rings is 1. The number of furan rings is 1. The SMILES string of the molecule is CC(C)c1cc(-c2ccccc2)cc(C(C)C)c1-n1c(-c2[c-]ccc3c2oc2ccccc23)nc2ccnnc21.[2H]C([2H])(c1ccccc1)c1cc(-c2[c-]cccc2)ncc1[Si](C)(C)C.[Ir]. The summed E-state index contributed by atoms with van der Waals surface area (Å²) in [6.45, 7) is 15.7. The number of para-hydroxylation sites is 1. The molecule has 0 unspecified atom stereocenters. The summed E-state index contributed by atoms with van der Waals surface area (Å²) in [7, 11) is -1.76. The van der Waals surface area contributed by atoms with Crippen LogP contribution in [-0.2, 0) is 26.5 Å². The van der Waals surface area contributed by atoms with Crippen molar-refractivity contribution in [1.82, 2.24) is 24.7 Å². The summed E-state index contributed by atoms with van der Waals surface area (Å²) >= 11 is 0. The fourth-order valence-electron chi connectivity index (χ4n) is 8.21. The summed E-state index contributed by atoms with van der Waals surface area (Å²) in [6, 6.07) is 54.9. The van der Waals surface area contributed by atoms with Crippen molar-refractivity contribution < 1.29 is 27.3 Å². The topological polar surface area (TPSA) is 69.6 Å². The molecule has 0 aliphatic rings. The van der Waals surface area contributed by atoms with Crippen LogP contribution in [0.4, 0.5) is 0 Å². The Bertz CT molecular complexity index is 3260. The third-order valence-corrected chi connectivity index (χ3v) is 13.4. The first kappa shape index (κ1) is 41.7. The van der Waals surface area contributed by atoms with E-state index in [9.17, 15) is 0 Å². The van der Waals surface area contributed by atoms with Gasteiger partial charge < -0.3 is 14.0 Å². The summed E-state index contributed by atoms with van der Waals surface area (Å²) in [6.07, 6.45) is 2.00. The summed E-state index contributed by atoms with van der Waals surface area (Å²) in [5.74, 6) is 1.25.